The summed E-state index contributed by atoms with van der Waals surface area (Å²) in [6.07, 6.45) is -1.66. The molecule has 0 aliphatic carbocycles. The number of amides is 1. The Hall–Kier alpha value is -4.04. The van der Waals surface area contributed by atoms with Gasteiger partial charge in [-0.05, 0) is 49.2 Å². The molecule has 13 heteroatoms. The zero-order valence-electron chi connectivity index (χ0n) is 19.5. The van der Waals surface area contributed by atoms with Crippen molar-refractivity contribution in [3.63, 3.8) is 0 Å². The van der Waals surface area contributed by atoms with Gasteiger partial charge in [-0.25, -0.2) is 9.78 Å². The first-order valence-corrected chi connectivity index (χ1v) is 10.8. The molecule has 0 bridgehead atoms. The molecule has 3 heterocycles. The SMILES string of the molecule is Cc1cc2nc3c(=O)[nH]c(=O)nc-3n(C[C@@H](O)[C@@H](O)[C@@H](O)CO)c2cc1C.NC(=O)c1cccnc1. The Kier molecular flexibility index (Phi) is 8.22. The quantitative estimate of drug-likeness (QED) is 0.168. The van der Waals surface area contributed by atoms with Gasteiger partial charge in [0.25, 0.3) is 5.56 Å². The molecule has 0 fully saturated rings. The number of H-pyrrole nitrogens is 1. The van der Waals surface area contributed by atoms with Crippen LogP contribution < -0.4 is 17.0 Å². The van der Waals surface area contributed by atoms with E-state index in [9.17, 15) is 29.7 Å². The molecule has 4 rings (SSSR count). The third-order valence-electron chi connectivity index (χ3n) is 5.52. The second kappa shape index (κ2) is 11.1. The number of aryl methyl sites for hydroxylation is 2. The van der Waals surface area contributed by atoms with Crippen molar-refractivity contribution >= 4 is 16.9 Å². The highest BCUT2D eigenvalue weighted by atomic mass is 16.4. The Balaban J connectivity index is 0.000000338. The maximum absolute atomic E-state index is 12.2. The van der Waals surface area contributed by atoms with E-state index in [0.717, 1.165) is 11.1 Å². The summed E-state index contributed by atoms with van der Waals surface area (Å²) in [5, 5.41) is 38.8. The van der Waals surface area contributed by atoms with Crippen molar-refractivity contribution in [1.29, 1.82) is 0 Å². The van der Waals surface area contributed by atoms with Crippen molar-refractivity contribution < 1.29 is 25.2 Å². The Bertz CT molecular complexity index is 1450. The Labute approximate surface area is 203 Å². The molecule has 190 valence electrons. The average molecular weight is 498 g/mol. The number of nitrogens with zero attached hydrogens (tertiary/aromatic N) is 4. The van der Waals surface area contributed by atoms with Crippen molar-refractivity contribution in [2.75, 3.05) is 6.61 Å². The number of aliphatic hydroxyl groups excluding tert-OH is 4. The summed E-state index contributed by atoms with van der Waals surface area (Å²) in [5.41, 5.74) is 6.49. The summed E-state index contributed by atoms with van der Waals surface area (Å²) in [6.45, 7) is 2.73. The van der Waals surface area contributed by atoms with Crippen LogP contribution >= 0.6 is 0 Å². The molecule has 0 saturated carbocycles. The number of fused-ring (bicyclic) bond motifs is 2. The molecule has 1 aromatic heterocycles. The van der Waals surface area contributed by atoms with E-state index in [1.807, 2.05) is 13.8 Å². The van der Waals surface area contributed by atoms with Crippen LogP contribution in [0.5, 0.6) is 0 Å². The molecule has 2 aromatic rings. The monoisotopic (exact) mass is 498 g/mol. The van der Waals surface area contributed by atoms with Crippen LogP contribution in [0.1, 0.15) is 21.5 Å². The van der Waals surface area contributed by atoms with Gasteiger partial charge in [0, 0.05) is 12.4 Å². The van der Waals surface area contributed by atoms with Crippen molar-refractivity contribution in [1.82, 2.24) is 24.5 Å². The summed E-state index contributed by atoms with van der Waals surface area (Å²) in [4.78, 5) is 48.1. The molecule has 1 aromatic carbocycles. The molecule has 36 heavy (non-hydrogen) atoms. The molecule has 0 saturated heterocycles. The van der Waals surface area contributed by atoms with E-state index in [2.05, 4.69) is 19.9 Å². The number of carbonyl (C=O) groups excluding carboxylic acids is 1. The minimum absolute atomic E-state index is 0.0516. The van der Waals surface area contributed by atoms with Crippen LogP contribution in [0.3, 0.4) is 0 Å². The zero-order chi connectivity index (χ0) is 26.6. The number of aromatic amines is 1. The summed E-state index contributed by atoms with van der Waals surface area (Å²) in [7, 11) is 0. The lowest BCUT2D eigenvalue weighted by Gasteiger charge is -2.25. The highest BCUT2D eigenvalue weighted by molar-refractivity contribution is 5.92. The first kappa shape index (κ1) is 26.6. The van der Waals surface area contributed by atoms with Gasteiger partial charge in [0.15, 0.2) is 11.5 Å². The molecule has 0 unspecified atom stereocenters. The lowest BCUT2D eigenvalue weighted by Crippen LogP contribution is -2.42. The van der Waals surface area contributed by atoms with Crippen molar-refractivity contribution in [2.45, 2.75) is 38.7 Å². The fraction of sp³-hybridized carbons (Fsp3) is 0.304. The van der Waals surface area contributed by atoms with Gasteiger partial charge in [0.2, 0.25) is 5.91 Å². The second-order valence-corrected chi connectivity index (χ2v) is 8.10. The van der Waals surface area contributed by atoms with E-state index in [-0.39, 0.29) is 18.1 Å². The van der Waals surface area contributed by atoms with E-state index in [1.54, 1.807) is 30.5 Å². The average Bonchev–Trinajstić information content (AvgIpc) is 2.85. The third kappa shape index (κ3) is 5.78. The number of nitrogens with two attached hydrogens (primary N) is 1. The van der Waals surface area contributed by atoms with Crippen LogP contribution in [-0.4, -0.2) is 75.8 Å². The van der Waals surface area contributed by atoms with Gasteiger partial charge < -0.3 is 30.7 Å². The van der Waals surface area contributed by atoms with Crippen LogP contribution in [0, 0.1) is 13.8 Å². The van der Waals surface area contributed by atoms with Crippen LogP contribution in [0.25, 0.3) is 22.6 Å². The summed E-state index contributed by atoms with van der Waals surface area (Å²) in [5.74, 6) is -0.493. The summed E-state index contributed by atoms with van der Waals surface area (Å²) < 4.78 is 1.40. The predicted octanol–water partition coefficient (Wildman–Crippen LogP) is -1.54. The molecule has 7 N–H and O–H groups in total. The summed E-state index contributed by atoms with van der Waals surface area (Å²) >= 11 is 0. The van der Waals surface area contributed by atoms with Gasteiger partial charge in [-0.15, -0.1) is 0 Å². The molecule has 1 amide bonds. The number of carbonyl (C=O) groups is 1. The molecule has 0 radical (unpaired) electrons. The number of pyridine rings is 1. The first-order valence-electron chi connectivity index (χ1n) is 10.8. The smallest absolute Gasteiger partial charge is 0.349 e. The molecule has 3 atom stereocenters. The van der Waals surface area contributed by atoms with Gasteiger partial charge in [0.05, 0.1) is 29.7 Å². The topological polar surface area (TPSA) is 218 Å². The second-order valence-electron chi connectivity index (χ2n) is 8.10. The van der Waals surface area contributed by atoms with Crippen LogP contribution in [0.15, 0.2) is 46.2 Å². The minimum atomic E-state index is -1.64. The predicted molar refractivity (Wildman–Crippen MR) is 128 cm³/mol. The first-order chi connectivity index (χ1) is 17.0. The number of aliphatic hydroxyl groups is 4. The molecular formula is C23H26N6O7. The maximum Gasteiger partial charge on any atom is 0.349 e. The number of hydrogen-bond acceptors (Lipinski definition) is 10. The van der Waals surface area contributed by atoms with Crippen LogP contribution in [-0.2, 0) is 6.54 Å². The van der Waals surface area contributed by atoms with Crippen LogP contribution in [0.4, 0.5) is 0 Å². The van der Waals surface area contributed by atoms with E-state index in [4.69, 9.17) is 10.8 Å². The fourth-order valence-electron chi connectivity index (χ4n) is 3.40. The van der Waals surface area contributed by atoms with E-state index >= 15 is 0 Å². The van der Waals surface area contributed by atoms with Crippen molar-refractivity contribution in [3.8, 4) is 11.5 Å². The van der Waals surface area contributed by atoms with E-state index in [0.29, 0.717) is 16.6 Å². The van der Waals surface area contributed by atoms with E-state index in [1.165, 1.54) is 10.8 Å². The third-order valence-corrected chi connectivity index (χ3v) is 5.52. The molecule has 13 nitrogen and oxygen atoms in total. The molecular weight excluding hydrogens is 472 g/mol. The van der Waals surface area contributed by atoms with Crippen molar-refractivity contribution in [3.05, 3.63) is 74.2 Å². The van der Waals surface area contributed by atoms with Crippen molar-refractivity contribution in [2.24, 2.45) is 5.73 Å². The number of aromatic nitrogens is 5. The number of benzene rings is 1. The Morgan fingerprint density at radius 1 is 1.11 bits per heavy atom. The lowest BCUT2D eigenvalue weighted by molar-refractivity contribution is -0.0802. The van der Waals surface area contributed by atoms with Gasteiger partial charge in [0.1, 0.15) is 18.3 Å². The number of rotatable bonds is 6. The Morgan fingerprint density at radius 2 is 1.81 bits per heavy atom. The van der Waals surface area contributed by atoms with Gasteiger partial charge in [-0.2, -0.15) is 4.98 Å². The lowest BCUT2D eigenvalue weighted by atomic mass is 10.1. The Morgan fingerprint density at radius 3 is 2.39 bits per heavy atom. The molecule has 0 spiro atoms. The normalized spacial score (nSPS) is 13.6. The fourth-order valence-corrected chi connectivity index (χ4v) is 3.40. The number of primary amides is 1. The minimum Gasteiger partial charge on any atom is -0.394 e. The van der Waals surface area contributed by atoms with Gasteiger partial charge in [-0.3, -0.25) is 19.6 Å². The molecule has 2 aliphatic heterocycles. The summed E-state index contributed by atoms with van der Waals surface area (Å²) in [6, 6.07) is 6.82. The number of hydrogen-bond donors (Lipinski definition) is 6. The van der Waals surface area contributed by atoms with E-state index < -0.39 is 42.1 Å². The standard InChI is InChI=1S/C17H20N4O6.C6H6N2O/c1-7-3-9-10(4-8(7)2)21(5-11(23)14(25)12(24)6-22)15-13(18-9)16(26)20-17(27)19-15;7-6(9)5-2-1-3-8-4-5/h3-4,11-12,14,22-25H,5-6H2,1-2H3,(H,20,26,27);1-4H,(H2,7,9)/t11-,12+,14-;/m1./s1. The highest BCUT2D eigenvalue weighted by Gasteiger charge is 2.27. The number of nitrogens with one attached hydrogen (secondary N) is 1. The van der Waals surface area contributed by atoms with Gasteiger partial charge >= 0.3 is 5.69 Å². The largest absolute Gasteiger partial charge is 0.394 e. The maximum atomic E-state index is 12.2. The van der Waals surface area contributed by atoms with Crippen LogP contribution in [0.2, 0.25) is 0 Å². The molecule has 2 aliphatic rings. The zero-order valence-corrected chi connectivity index (χ0v) is 19.5. The highest BCUT2D eigenvalue weighted by Crippen LogP contribution is 2.24. The van der Waals surface area contributed by atoms with Gasteiger partial charge in [-0.1, -0.05) is 0 Å².